The van der Waals surface area contributed by atoms with Crippen LogP contribution in [0.15, 0.2) is 29.2 Å². The van der Waals surface area contributed by atoms with Gasteiger partial charge in [0, 0.05) is 12.5 Å². The fourth-order valence-electron chi connectivity index (χ4n) is 3.45. The van der Waals surface area contributed by atoms with Crippen molar-refractivity contribution in [2.45, 2.75) is 82.8 Å². The van der Waals surface area contributed by atoms with Crippen LogP contribution in [0, 0.1) is 12.8 Å². The largest absolute Gasteiger partial charge is 0.469 e. The van der Waals surface area contributed by atoms with Gasteiger partial charge in [-0.3, -0.25) is 13.8 Å². The van der Waals surface area contributed by atoms with Gasteiger partial charge in [0.25, 0.3) is 10.1 Å². The van der Waals surface area contributed by atoms with Gasteiger partial charge in [-0.25, -0.2) is 4.79 Å². The molecule has 204 valence electrons. The van der Waals surface area contributed by atoms with E-state index >= 15 is 0 Å². The quantitative estimate of drug-likeness (QED) is 0.165. The van der Waals surface area contributed by atoms with Crippen LogP contribution in [0.1, 0.15) is 64.9 Å². The molecule has 2 atom stereocenters. The van der Waals surface area contributed by atoms with Crippen molar-refractivity contribution in [1.29, 1.82) is 0 Å². The lowest BCUT2D eigenvalue weighted by Gasteiger charge is -2.26. The lowest BCUT2D eigenvalue weighted by molar-refractivity contribution is -0.141. The van der Waals surface area contributed by atoms with Gasteiger partial charge < -0.3 is 19.5 Å². The minimum Gasteiger partial charge on any atom is -0.469 e. The number of carbonyl (C=O) groups is 3. The second kappa shape index (κ2) is 14.8. The Kier molecular flexibility index (Phi) is 12.9. The number of carbonyl (C=O) groups excluding carboxylic acids is 3. The van der Waals surface area contributed by atoms with Gasteiger partial charge in [-0.1, -0.05) is 24.1 Å². The molecule has 11 heteroatoms. The van der Waals surface area contributed by atoms with Crippen molar-refractivity contribution >= 4 is 28.1 Å². The topological polar surface area (TPSA) is 134 Å². The second-order valence-electron chi connectivity index (χ2n) is 9.59. The number of hydrogen-bond donors (Lipinski definition) is 1. The molecule has 1 aromatic carbocycles. The molecule has 0 fully saturated rings. The molecule has 1 amide bonds. The monoisotopic (exact) mass is 529 g/mol. The molecule has 1 N–H and O–H groups in total. The second-order valence-corrected chi connectivity index (χ2v) is 11.2. The molecule has 0 aliphatic rings. The van der Waals surface area contributed by atoms with E-state index in [1.165, 1.54) is 26.4 Å². The third-order valence-corrected chi connectivity index (χ3v) is 6.54. The summed E-state index contributed by atoms with van der Waals surface area (Å²) in [5, 5.41) is 2.69. The van der Waals surface area contributed by atoms with Crippen LogP contribution in [0.5, 0.6) is 0 Å². The third kappa shape index (κ3) is 12.9. The van der Waals surface area contributed by atoms with Gasteiger partial charge in [0.1, 0.15) is 5.60 Å². The summed E-state index contributed by atoms with van der Waals surface area (Å²) in [6, 6.07) is 5.76. The summed E-state index contributed by atoms with van der Waals surface area (Å²) in [4.78, 5) is 36.2. The molecule has 0 bridgehead atoms. The van der Waals surface area contributed by atoms with E-state index in [0.717, 1.165) is 5.56 Å². The van der Waals surface area contributed by atoms with Crippen LogP contribution in [-0.4, -0.2) is 58.9 Å². The normalized spacial score (nSPS) is 13.4. The number of ether oxygens (including phenoxy) is 3. The van der Waals surface area contributed by atoms with E-state index < -0.39 is 39.8 Å². The Bertz CT molecular complexity index is 953. The molecule has 10 nitrogen and oxygen atoms in total. The van der Waals surface area contributed by atoms with Crippen LogP contribution in [0.2, 0.25) is 0 Å². The maximum Gasteiger partial charge on any atom is 0.407 e. The van der Waals surface area contributed by atoms with E-state index in [1.54, 1.807) is 32.9 Å². The maximum absolute atomic E-state index is 12.3. The predicted molar refractivity (Wildman–Crippen MR) is 133 cm³/mol. The van der Waals surface area contributed by atoms with Crippen LogP contribution >= 0.6 is 0 Å². The average Bonchev–Trinajstić information content (AvgIpc) is 2.77. The van der Waals surface area contributed by atoms with Gasteiger partial charge >= 0.3 is 18.0 Å². The summed E-state index contributed by atoms with van der Waals surface area (Å²) >= 11 is 0. The lowest BCUT2D eigenvalue weighted by Crippen LogP contribution is -2.41. The van der Waals surface area contributed by atoms with Crippen LogP contribution in [-0.2, 0) is 38.1 Å². The summed E-state index contributed by atoms with van der Waals surface area (Å²) in [6.45, 7) is 7.03. The number of benzene rings is 1. The van der Waals surface area contributed by atoms with Crippen LogP contribution in [0.3, 0.4) is 0 Å². The fourth-order valence-corrected chi connectivity index (χ4v) is 4.40. The number of rotatable bonds is 14. The Hall–Kier alpha value is -2.66. The Morgan fingerprint density at radius 1 is 0.944 bits per heavy atom. The summed E-state index contributed by atoms with van der Waals surface area (Å²) < 4.78 is 44.6. The van der Waals surface area contributed by atoms with Crippen LogP contribution < -0.4 is 5.32 Å². The number of hydrogen-bond acceptors (Lipinski definition) is 9. The Balaban J connectivity index is 2.73. The van der Waals surface area contributed by atoms with Gasteiger partial charge in [-0.15, -0.1) is 0 Å². The van der Waals surface area contributed by atoms with Crippen LogP contribution in [0.4, 0.5) is 4.79 Å². The van der Waals surface area contributed by atoms with E-state index in [0.29, 0.717) is 25.7 Å². The Morgan fingerprint density at radius 2 is 1.53 bits per heavy atom. The van der Waals surface area contributed by atoms with E-state index in [1.807, 2.05) is 6.92 Å². The number of unbranched alkanes of at least 4 members (excludes halogenated alkanes) is 1. The summed E-state index contributed by atoms with van der Waals surface area (Å²) in [6.07, 6.45) is 1.12. The van der Waals surface area contributed by atoms with Gasteiger partial charge in [0.15, 0.2) is 0 Å². The molecule has 0 aromatic heterocycles. The van der Waals surface area contributed by atoms with Crippen molar-refractivity contribution in [2.24, 2.45) is 5.92 Å². The molecule has 2 unspecified atom stereocenters. The Morgan fingerprint density at radius 3 is 2.08 bits per heavy atom. The number of amides is 1. The van der Waals surface area contributed by atoms with Crippen molar-refractivity contribution in [3.63, 3.8) is 0 Å². The average molecular weight is 530 g/mol. The maximum atomic E-state index is 12.3. The zero-order valence-corrected chi connectivity index (χ0v) is 22.8. The molecule has 0 aliphatic carbocycles. The van der Waals surface area contributed by atoms with E-state index in [-0.39, 0.29) is 30.3 Å². The molecular weight excluding hydrogens is 490 g/mol. The highest BCUT2D eigenvalue weighted by Gasteiger charge is 2.26. The van der Waals surface area contributed by atoms with Gasteiger partial charge in [0.2, 0.25) is 0 Å². The van der Waals surface area contributed by atoms with Crippen molar-refractivity contribution in [2.75, 3.05) is 20.8 Å². The number of nitrogens with one attached hydrogen (secondary N) is 1. The molecular formula is C25H39NO9S. The molecule has 0 spiro atoms. The van der Waals surface area contributed by atoms with E-state index in [2.05, 4.69) is 5.32 Å². The smallest absolute Gasteiger partial charge is 0.407 e. The van der Waals surface area contributed by atoms with Crippen molar-refractivity contribution in [3.05, 3.63) is 29.8 Å². The SMILES string of the molecule is COC(=O)CC(CCCCOS(=O)(=O)c1ccc(C)cc1)CC(CC(=O)OC)NC(=O)OC(C)(C)C. The standard InChI is InChI=1S/C25H39NO9S/c1-18-10-12-21(13-11-18)36(30,31)34-14-8-7-9-19(16-22(27)32-5)15-20(17-23(28)33-6)26-24(29)35-25(2,3)4/h10-13,19-20H,7-9,14-17H2,1-6H3,(H,26,29). The Labute approximate surface area is 214 Å². The summed E-state index contributed by atoms with van der Waals surface area (Å²) in [7, 11) is -1.31. The first kappa shape index (κ1) is 31.4. The molecule has 0 saturated heterocycles. The first-order valence-electron chi connectivity index (χ1n) is 11.8. The minimum atomic E-state index is -3.85. The third-order valence-electron chi connectivity index (χ3n) is 5.22. The first-order valence-corrected chi connectivity index (χ1v) is 13.3. The molecule has 1 aromatic rings. The predicted octanol–water partition coefficient (Wildman–Crippen LogP) is 3.90. The summed E-state index contributed by atoms with van der Waals surface area (Å²) in [5.41, 5.74) is 0.224. The minimum absolute atomic E-state index is 0.0110. The number of aryl methyl sites for hydroxylation is 1. The number of esters is 2. The van der Waals surface area contributed by atoms with E-state index in [9.17, 15) is 22.8 Å². The van der Waals surface area contributed by atoms with Gasteiger partial charge in [-0.05, 0) is 65.0 Å². The highest BCUT2D eigenvalue weighted by molar-refractivity contribution is 7.86. The first-order chi connectivity index (χ1) is 16.8. The molecule has 1 rings (SSSR count). The van der Waals surface area contributed by atoms with Crippen molar-refractivity contribution in [1.82, 2.24) is 5.32 Å². The van der Waals surface area contributed by atoms with Gasteiger partial charge in [0.05, 0.1) is 32.1 Å². The molecule has 36 heavy (non-hydrogen) atoms. The number of alkyl carbamates (subject to hydrolysis) is 1. The lowest BCUT2D eigenvalue weighted by atomic mass is 9.90. The number of methoxy groups -OCH3 is 2. The van der Waals surface area contributed by atoms with Gasteiger partial charge in [-0.2, -0.15) is 8.42 Å². The molecule has 0 heterocycles. The summed E-state index contributed by atoms with van der Waals surface area (Å²) in [5.74, 6) is -1.18. The fraction of sp³-hybridized carbons (Fsp3) is 0.640. The zero-order chi connectivity index (χ0) is 27.4. The van der Waals surface area contributed by atoms with E-state index in [4.69, 9.17) is 18.4 Å². The molecule has 0 saturated carbocycles. The van der Waals surface area contributed by atoms with Crippen molar-refractivity contribution in [3.8, 4) is 0 Å². The highest BCUT2D eigenvalue weighted by atomic mass is 32.2. The molecule has 0 aliphatic heterocycles. The van der Waals surface area contributed by atoms with Crippen molar-refractivity contribution < 1.29 is 41.2 Å². The van der Waals surface area contributed by atoms with Crippen LogP contribution in [0.25, 0.3) is 0 Å². The zero-order valence-electron chi connectivity index (χ0n) is 22.0. The molecule has 0 radical (unpaired) electrons. The highest BCUT2D eigenvalue weighted by Crippen LogP contribution is 2.22.